The summed E-state index contributed by atoms with van der Waals surface area (Å²) >= 11 is 0. The van der Waals surface area contributed by atoms with Crippen LogP contribution in [0, 0.1) is 11.3 Å². The van der Waals surface area contributed by atoms with Crippen molar-refractivity contribution in [1.29, 1.82) is 5.26 Å². The molecular weight excluding hydrogens is 332 g/mol. The normalized spacial score (nSPS) is 14.4. The highest BCUT2D eigenvalue weighted by Crippen LogP contribution is 2.35. The van der Waals surface area contributed by atoms with Gasteiger partial charge in [0.15, 0.2) is 11.5 Å². The molecule has 0 saturated heterocycles. The number of carbonyl (C=O) groups is 2. The first-order valence-electron chi connectivity index (χ1n) is 8.13. The second-order valence-electron chi connectivity index (χ2n) is 5.90. The van der Waals surface area contributed by atoms with Crippen molar-refractivity contribution in [3.05, 3.63) is 59.2 Å². The smallest absolute Gasteiger partial charge is 0.261 e. The largest absolute Gasteiger partial charge is 0.493 e. The summed E-state index contributed by atoms with van der Waals surface area (Å²) in [6.45, 7) is 0. The van der Waals surface area contributed by atoms with E-state index in [0.29, 0.717) is 28.2 Å². The first kappa shape index (κ1) is 17.5. The van der Waals surface area contributed by atoms with Gasteiger partial charge in [0.2, 0.25) is 5.91 Å². The first-order valence-corrected chi connectivity index (χ1v) is 8.13. The van der Waals surface area contributed by atoms with E-state index in [1.807, 2.05) is 0 Å². The number of rotatable bonds is 5. The molecule has 2 amide bonds. The number of methoxy groups -OCH3 is 2. The number of amides is 2. The lowest BCUT2D eigenvalue weighted by Crippen LogP contribution is -2.44. The highest BCUT2D eigenvalue weighted by Gasteiger charge is 2.36. The summed E-state index contributed by atoms with van der Waals surface area (Å²) in [6, 6.07) is 13.6. The standard InChI is InChI=1S/C20H18N2O4/c1-25-17-8-7-14(11-18(17)26-2)16(9-10-21)22-19(23)12-13-5-3-4-6-15(13)20(22)24/h3-8,11,16H,9,12H2,1-2H3. The minimum atomic E-state index is -0.687. The van der Waals surface area contributed by atoms with Gasteiger partial charge in [-0.2, -0.15) is 5.26 Å². The molecule has 3 rings (SSSR count). The van der Waals surface area contributed by atoms with Crippen molar-refractivity contribution < 1.29 is 19.1 Å². The van der Waals surface area contributed by atoms with Crippen LogP contribution in [0.5, 0.6) is 11.5 Å². The zero-order chi connectivity index (χ0) is 18.7. The van der Waals surface area contributed by atoms with E-state index in [-0.39, 0.29) is 24.7 Å². The summed E-state index contributed by atoms with van der Waals surface area (Å²) in [6.07, 6.45) is 0.131. The minimum Gasteiger partial charge on any atom is -0.493 e. The van der Waals surface area contributed by atoms with Crippen molar-refractivity contribution in [2.45, 2.75) is 18.9 Å². The van der Waals surface area contributed by atoms with E-state index in [9.17, 15) is 14.9 Å². The fourth-order valence-corrected chi connectivity index (χ4v) is 3.19. The lowest BCUT2D eigenvalue weighted by Gasteiger charge is -2.33. The quantitative estimate of drug-likeness (QED) is 0.775. The molecule has 2 aromatic carbocycles. The molecule has 26 heavy (non-hydrogen) atoms. The van der Waals surface area contributed by atoms with Gasteiger partial charge in [-0.1, -0.05) is 24.3 Å². The lowest BCUT2D eigenvalue weighted by molar-refractivity contribution is -0.130. The molecule has 0 radical (unpaired) electrons. The van der Waals surface area contributed by atoms with E-state index < -0.39 is 6.04 Å². The molecule has 0 N–H and O–H groups in total. The molecule has 132 valence electrons. The van der Waals surface area contributed by atoms with Crippen molar-refractivity contribution >= 4 is 11.8 Å². The van der Waals surface area contributed by atoms with Gasteiger partial charge >= 0.3 is 0 Å². The van der Waals surface area contributed by atoms with Crippen molar-refractivity contribution in [3.63, 3.8) is 0 Å². The van der Waals surface area contributed by atoms with Crippen molar-refractivity contribution in [2.24, 2.45) is 0 Å². The maximum atomic E-state index is 12.9. The number of hydrogen-bond donors (Lipinski definition) is 0. The fraction of sp³-hybridized carbons (Fsp3) is 0.250. The van der Waals surface area contributed by atoms with Crippen LogP contribution in [-0.4, -0.2) is 30.9 Å². The van der Waals surface area contributed by atoms with Crippen LogP contribution < -0.4 is 9.47 Å². The number of imide groups is 1. The van der Waals surface area contributed by atoms with Crippen LogP contribution in [0.15, 0.2) is 42.5 Å². The second-order valence-corrected chi connectivity index (χ2v) is 5.90. The number of fused-ring (bicyclic) bond motifs is 1. The first-order chi connectivity index (χ1) is 12.6. The third-order valence-corrected chi connectivity index (χ3v) is 4.47. The maximum Gasteiger partial charge on any atom is 0.261 e. The van der Waals surface area contributed by atoms with Gasteiger partial charge in [0.05, 0.1) is 39.2 Å². The molecule has 6 heteroatoms. The number of hydrogen-bond acceptors (Lipinski definition) is 5. The van der Waals surface area contributed by atoms with E-state index in [1.54, 1.807) is 42.5 Å². The molecule has 6 nitrogen and oxygen atoms in total. The molecule has 0 aliphatic carbocycles. The number of nitrogens with zero attached hydrogens (tertiary/aromatic N) is 2. The van der Waals surface area contributed by atoms with Crippen molar-refractivity contribution in [1.82, 2.24) is 4.90 Å². The van der Waals surface area contributed by atoms with E-state index in [4.69, 9.17) is 9.47 Å². The van der Waals surface area contributed by atoms with E-state index >= 15 is 0 Å². The van der Waals surface area contributed by atoms with Crippen LogP contribution in [0.1, 0.15) is 33.9 Å². The Morgan fingerprint density at radius 2 is 1.85 bits per heavy atom. The number of nitriles is 1. The SMILES string of the molecule is COc1ccc(C(CC#N)N2C(=O)Cc3ccccc3C2=O)cc1OC. The van der Waals surface area contributed by atoms with Crippen LogP contribution >= 0.6 is 0 Å². The zero-order valence-electron chi connectivity index (χ0n) is 14.6. The van der Waals surface area contributed by atoms with Gasteiger partial charge in [-0.3, -0.25) is 14.5 Å². The molecule has 0 aromatic heterocycles. The highest BCUT2D eigenvalue weighted by atomic mass is 16.5. The molecule has 0 saturated carbocycles. The van der Waals surface area contributed by atoms with Gasteiger partial charge < -0.3 is 9.47 Å². The van der Waals surface area contributed by atoms with Gasteiger partial charge in [0.1, 0.15) is 0 Å². The zero-order valence-corrected chi connectivity index (χ0v) is 14.6. The Kier molecular flexibility index (Phi) is 4.90. The molecule has 1 atom stereocenters. The van der Waals surface area contributed by atoms with Gasteiger partial charge in [0, 0.05) is 5.56 Å². The van der Waals surface area contributed by atoms with Crippen LogP contribution in [0.2, 0.25) is 0 Å². The van der Waals surface area contributed by atoms with Crippen molar-refractivity contribution in [3.8, 4) is 17.6 Å². The van der Waals surface area contributed by atoms with Crippen LogP contribution in [0.25, 0.3) is 0 Å². The lowest BCUT2D eigenvalue weighted by atomic mass is 9.94. The topological polar surface area (TPSA) is 79.6 Å². The number of carbonyl (C=O) groups excluding carboxylic acids is 2. The summed E-state index contributed by atoms with van der Waals surface area (Å²) in [7, 11) is 3.04. The highest BCUT2D eigenvalue weighted by molar-refractivity contribution is 6.10. The third kappa shape index (κ3) is 3.00. The van der Waals surface area contributed by atoms with E-state index in [0.717, 1.165) is 0 Å². The molecule has 0 fully saturated rings. The maximum absolute atomic E-state index is 12.9. The minimum absolute atomic E-state index is 0.00483. The Morgan fingerprint density at radius 1 is 1.12 bits per heavy atom. The Hall–Kier alpha value is -3.33. The van der Waals surface area contributed by atoms with Crippen molar-refractivity contribution in [2.75, 3.05) is 14.2 Å². The van der Waals surface area contributed by atoms with Gasteiger partial charge in [-0.05, 0) is 29.3 Å². The summed E-state index contributed by atoms with van der Waals surface area (Å²) in [4.78, 5) is 26.8. The average Bonchev–Trinajstić information content (AvgIpc) is 2.66. The second kappa shape index (κ2) is 7.28. The van der Waals surface area contributed by atoms with E-state index in [2.05, 4.69) is 6.07 Å². The molecular formula is C20H18N2O4. The predicted octanol–water partition coefficient (Wildman–Crippen LogP) is 2.88. The fourth-order valence-electron chi connectivity index (χ4n) is 3.19. The van der Waals surface area contributed by atoms with Gasteiger partial charge in [0.25, 0.3) is 5.91 Å². The van der Waals surface area contributed by atoms with Crippen LogP contribution in [-0.2, 0) is 11.2 Å². The Bertz CT molecular complexity index is 901. The van der Waals surface area contributed by atoms with E-state index in [1.165, 1.54) is 19.1 Å². The van der Waals surface area contributed by atoms with Gasteiger partial charge in [-0.25, -0.2) is 0 Å². The predicted molar refractivity (Wildman–Crippen MR) is 93.8 cm³/mol. The third-order valence-electron chi connectivity index (χ3n) is 4.47. The molecule has 1 aliphatic rings. The number of benzene rings is 2. The Balaban J connectivity index is 2.05. The molecule has 0 spiro atoms. The van der Waals surface area contributed by atoms with Crippen LogP contribution in [0.4, 0.5) is 0 Å². The Morgan fingerprint density at radius 3 is 2.54 bits per heavy atom. The molecule has 1 heterocycles. The average molecular weight is 350 g/mol. The van der Waals surface area contributed by atoms with Crippen LogP contribution in [0.3, 0.4) is 0 Å². The van der Waals surface area contributed by atoms with Gasteiger partial charge in [-0.15, -0.1) is 0 Å². The molecule has 1 unspecified atom stereocenters. The summed E-state index contributed by atoms with van der Waals surface area (Å²) < 4.78 is 10.5. The Labute approximate surface area is 151 Å². The molecule has 1 aliphatic heterocycles. The number of ether oxygens (including phenoxy) is 2. The summed E-state index contributed by atoms with van der Waals surface area (Å²) in [5, 5.41) is 9.27. The summed E-state index contributed by atoms with van der Waals surface area (Å²) in [5.41, 5.74) is 1.85. The monoisotopic (exact) mass is 350 g/mol. The molecule has 0 bridgehead atoms. The molecule has 2 aromatic rings. The summed E-state index contributed by atoms with van der Waals surface area (Å²) in [5.74, 6) is 0.314.